The fourth-order valence-electron chi connectivity index (χ4n) is 5.46. The zero-order chi connectivity index (χ0) is 30.5. The van der Waals surface area contributed by atoms with Crippen LogP contribution >= 0.6 is 0 Å². The highest BCUT2D eigenvalue weighted by Crippen LogP contribution is 2.46. The summed E-state index contributed by atoms with van der Waals surface area (Å²) >= 11 is 0. The third-order valence-electron chi connectivity index (χ3n) is 7.79. The largest absolute Gasteiger partial charge is 0.477 e. The first kappa shape index (κ1) is 28.7. The molecule has 3 aromatic heterocycles. The van der Waals surface area contributed by atoms with Gasteiger partial charge in [-0.3, -0.25) is 4.98 Å². The van der Waals surface area contributed by atoms with E-state index < -0.39 is 35.3 Å². The van der Waals surface area contributed by atoms with Gasteiger partial charge in [-0.1, -0.05) is 17.3 Å². The van der Waals surface area contributed by atoms with E-state index in [1.165, 1.54) is 24.3 Å². The molecule has 0 bridgehead atoms. The van der Waals surface area contributed by atoms with Crippen LogP contribution in [0.3, 0.4) is 0 Å². The van der Waals surface area contributed by atoms with Gasteiger partial charge in [0.2, 0.25) is 0 Å². The molecule has 0 amide bonds. The van der Waals surface area contributed by atoms with E-state index in [1.807, 2.05) is 11.0 Å². The summed E-state index contributed by atoms with van der Waals surface area (Å²) in [5.74, 6) is -0.829. The molecule has 1 N–H and O–H groups in total. The molecule has 224 valence electrons. The first-order valence-corrected chi connectivity index (χ1v) is 13.6. The van der Waals surface area contributed by atoms with Crippen LogP contribution in [0.25, 0.3) is 28.2 Å². The fourth-order valence-corrected chi connectivity index (χ4v) is 5.46. The molecule has 43 heavy (non-hydrogen) atoms. The Hall–Kier alpha value is -4.42. The van der Waals surface area contributed by atoms with Crippen molar-refractivity contribution in [1.29, 1.82) is 0 Å². The maximum absolute atomic E-state index is 13.8. The van der Waals surface area contributed by atoms with Gasteiger partial charge in [-0.05, 0) is 68.0 Å². The average molecular weight is 603 g/mol. The van der Waals surface area contributed by atoms with Gasteiger partial charge in [-0.2, -0.15) is 26.3 Å². The highest BCUT2D eigenvalue weighted by atomic mass is 19.4. The molecule has 0 radical (unpaired) electrons. The Labute approximate surface area is 240 Å². The smallest absolute Gasteiger partial charge is 0.434 e. The van der Waals surface area contributed by atoms with Crippen LogP contribution in [0.2, 0.25) is 0 Å². The van der Waals surface area contributed by atoms with Crippen molar-refractivity contribution in [3.05, 3.63) is 76.9 Å². The van der Waals surface area contributed by atoms with Gasteiger partial charge in [0.25, 0.3) is 0 Å². The lowest BCUT2D eigenvalue weighted by atomic mass is 9.94. The van der Waals surface area contributed by atoms with Gasteiger partial charge < -0.3 is 14.5 Å². The first-order chi connectivity index (χ1) is 20.4. The number of hydrogen-bond acceptors (Lipinski definition) is 6. The molecule has 1 aromatic carbocycles. The monoisotopic (exact) mass is 602 g/mol. The second-order valence-electron chi connectivity index (χ2n) is 10.7. The molecular formula is C30H24F6N4O3. The van der Waals surface area contributed by atoms with Crippen LogP contribution in [0.5, 0.6) is 0 Å². The summed E-state index contributed by atoms with van der Waals surface area (Å²) in [6.45, 7) is 1.05. The Morgan fingerprint density at radius 3 is 2.40 bits per heavy atom. The van der Waals surface area contributed by atoms with Crippen LogP contribution < -0.4 is 4.90 Å². The van der Waals surface area contributed by atoms with E-state index in [4.69, 9.17) is 4.52 Å². The minimum atomic E-state index is -4.77. The molecule has 1 saturated carbocycles. The van der Waals surface area contributed by atoms with E-state index in [-0.39, 0.29) is 34.0 Å². The molecule has 1 aliphatic carbocycles. The number of nitrogens with zero attached hydrogens (tertiary/aromatic N) is 4. The number of alkyl halides is 6. The van der Waals surface area contributed by atoms with Crippen LogP contribution in [0.15, 0.2) is 53.2 Å². The molecule has 2 aliphatic rings. The number of benzene rings is 1. The Morgan fingerprint density at radius 2 is 1.74 bits per heavy atom. The number of anilines is 1. The average Bonchev–Trinajstić information content (AvgIpc) is 3.73. The highest BCUT2D eigenvalue weighted by Gasteiger charge is 2.39. The molecule has 0 atom stereocenters. The van der Waals surface area contributed by atoms with Gasteiger partial charge in [0.1, 0.15) is 17.1 Å². The quantitative estimate of drug-likeness (QED) is 0.225. The Morgan fingerprint density at radius 1 is 1.00 bits per heavy atom. The number of carboxylic acids is 1. The topological polar surface area (TPSA) is 92.3 Å². The van der Waals surface area contributed by atoms with Gasteiger partial charge in [0, 0.05) is 47.4 Å². The Balaban J connectivity index is 1.23. The third kappa shape index (κ3) is 5.80. The minimum Gasteiger partial charge on any atom is -0.477 e. The van der Waals surface area contributed by atoms with E-state index >= 15 is 0 Å². The first-order valence-electron chi connectivity index (χ1n) is 13.6. The second kappa shape index (κ2) is 10.7. The number of fused-ring (bicyclic) bond motifs is 1. The molecule has 4 heterocycles. The summed E-state index contributed by atoms with van der Waals surface area (Å²) in [5.41, 5.74) is -1.84. The van der Waals surface area contributed by atoms with Gasteiger partial charge in [-0.25, -0.2) is 9.78 Å². The maximum atomic E-state index is 13.8. The summed E-state index contributed by atoms with van der Waals surface area (Å²) in [7, 11) is 0. The molecule has 1 saturated heterocycles. The lowest BCUT2D eigenvalue weighted by molar-refractivity contribution is -0.140. The summed E-state index contributed by atoms with van der Waals surface area (Å²) < 4.78 is 87.9. The van der Waals surface area contributed by atoms with Crippen molar-refractivity contribution >= 4 is 28.6 Å². The number of piperidine rings is 1. The highest BCUT2D eigenvalue weighted by molar-refractivity contribution is 5.93. The lowest BCUT2D eigenvalue weighted by Crippen LogP contribution is -2.33. The SMILES string of the molecule is O=C(O)c1cc(C(F)(F)F)c2cc(N3CCC(C=Cc4c(-c5cccnc5C(F)(F)F)noc4C4CC4)CC3)ccc2n1. The van der Waals surface area contributed by atoms with Crippen molar-refractivity contribution in [3.63, 3.8) is 0 Å². The standard InChI is InChI=1S/C30H24F6N4O3/c31-29(32,33)22-15-24(28(41)42)38-23-8-6-18(14-21(22)23)40-12-9-16(10-13-40)3-7-19-25(39-43-26(19)17-4-5-17)20-2-1-11-37-27(20)30(34,35)36/h1-3,6-8,11,14-17H,4-5,9-10,12-13H2,(H,41,42). The summed E-state index contributed by atoms with van der Waals surface area (Å²) in [5, 5.41) is 13.0. The Kier molecular flexibility index (Phi) is 7.13. The fraction of sp³-hybridized carbons (Fsp3) is 0.333. The molecule has 0 spiro atoms. The summed E-state index contributed by atoms with van der Waals surface area (Å²) in [4.78, 5) is 20.6. The number of aromatic nitrogens is 3. The number of carbonyl (C=O) groups is 1. The molecule has 0 unspecified atom stereocenters. The lowest BCUT2D eigenvalue weighted by Gasteiger charge is -2.32. The molecule has 2 fully saturated rings. The molecule has 7 nitrogen and oxygen atoms in total. The molecule has 4 aromatic rings. The minimum absolute atomic E-state index is 0.0629. The number of allylic oxidation sites excluding steroid dienone is 1. The van der Waals surface area contributed by atoms with Gasteiger partial charge in [0.15, 0.2) is 5.69 Å². The van der Waals surface area contributed by atoms with E-state index in [0.29, 0.717) is 49.0 Å². The van der Waals surface area contributed by atoms with Crippen molar-refractivity contribution in [2.45, 2.75) is 44.0 Å². The van der Waals surface area contributed by atoms with Gasteiger partial charge >= 0.3 is 18.3 Å². The summed E-state index contributed by atoms with van der Waals surface area (Å²) in [6.07, 6.45) is -1.62. The number of aromatic carboxylic acids is 1. The zero-order valence-corrected chi connectivity index (χ0v) is 22.4. The van der Waals surface area contributed by atoms with Crippen molar-refractivity contribution < 1.29 is 40.8 Å². The van der Waals surface area contributed by atoms with Gasteiger partial charge in [0.05, 0.1) is 11.1 Å². The molecule has 1 aliphatic heterocycles. The number of rotatable bonds is 6. The van der Waals surface area contributed by atoms with Crippen molar-refractivity contribution in [1.82, 2.24) is 15.1 Å². The van der Waals surface area contributed by atoms with Crippen molar-refractivity contribution in [2.24, 2.45) is 5.92 Å². The maximum Gasteiger partial charge on any atom is 0.434 e. The van der Waals surface area contributed by atoms with Crippen molar-refractivity contribution in [3.8, 4) is 11.3 Å². The van der Waals surface area contributed by atoms with Crippen molar-refractivity contribution in [2.75, 3.05) is 18.0 Å². The van der Waals surface area contributed by atoms with E-state index in [0.717, 1.165) is 19.0 Å². The number of hydrogen-bond donors (Lipinski definition) is 1. The number of halogens is 6. The second-order valence-corrected chi connectivity index (χ2v) is 10.7. The molecular weight excluding hydrogens is 578 g/mol. The predicted octanol–water partition coefficient (Wildman–Crippen LogP) is 7.83. The Bertz CT molecular complexity index is 1720. The third-order valence-corrected chi connectivity index (χ3v) is 7.79. The van der Waals surface area contributed by atoms with Gasteiger partial charge in [-0.15, -0.1) is 0 Å². The van der Waals surface area contributed by atoms with Crippen LogP contribution in [-0.2, 0) is 12.4 Å². The van der Waals surface area contributed by atoms with E-state index in [9.17, 15) is 36.2 Å². The van der Waals surface area contributed by atoms with Crippen LogP contribution in [0.1, 0.15) is 64.7 Å². The van der Waals surface area contributed by atoms with Crippen LogP contribution in [0, 0.1) is 5.92 Å². The number of carboxylic acid groups (broad SMARTS) is 1. The van der Waals surface area contributed by atoms with Crippen LogP contribution in [0.4, 0.5) is 32.0 Å². The molecule has 6 rings (SSSR count). The normalized spacial score (nSPS) is 16.8. The molecule has 13 heteroatoms. The zero-order valence-electron chi connectivity index (χ0n) is 22.4. The number of pyridine rings is 2. The van der Waals surface area contributed by atoms with Crippen LogP contribution in [-0.4, -0.2) is 39.3 Å². The van der Waals surface area contributed by atoms with E-state index in [1.54, 1.807) is 12.1 Å². The van der Waals surface area contributed by atoms with E-state index in [2.05, 4.69) is 15.1 Å². The summed E-state index contributed by atoms with van der Waals surface area (Å²) in [6, 6.07) is 7.68. The predicted molar refractivity (Wildman–Crippen MR) is 144 cm³/mol.